The number of aryl methyl sites for hydroxylation is 1. The van der Waals surface area contributed by atoms with E-state index in [2.05, 4.69) is 34.5 Å². The minimum atomic E-state index is 0.162. The number of methoxy groups -OCH3 is 1. The van der Waals surface area contributed by atoms with Gasteiger partial charge in [0.25, 0.3) is 0 Å². The third-order valence-corrected chi connectivity index (χ3v) is 4.58. The van der Waals surface area contributed by atoms with Crippen molar-refractivity contribution >= 4 is 22.4 Å². The third kappa shape index (κ3) is 3.41. The van der Waals surface area contributed by atoms with Crippen LogP contribution < -0.4 is 10.1 Å². The molecule has 142 valence electrons. The molecule has 0 saturated heterocycles. The highest BCUT2D eigenvalue weighted by Crippen LogP contribution is 2.32. The number of para-hydroxylation sites is 1. The lowest BCUT2D eigenvalue weighted by Crippen LogP contribution is -1.99. The monoisotopic (exact) mass is 374 g/mol. The van der Waals surface area contributed by atoms with Crippen molar-refractivity contribution in [3.05, 3.63) is 60.0 Å². The van der Waals surface area contributed by atoms with Crippen molar-refractivity contribution in [3.63, 3.8) is 0 Å². The van der Waals surface area contributed by atoms with Crippen LogP contribution in [0.15, 0.2) is 53.1 Å². The van der Waals surface area contributed by atoms with Gasteiger partial charge < -0.3 is 14.6 Å². The Morgan fingerprint density at radius 2 is 1.82 bits per heavy atom. The Labute approximate surface area is 163 Å². The van der Waals surface area contributed by atoms with Crippen LogP contribution in [0.2, 0.25) is 0 Å². The summed E-state index contributed by atoms with van der Waals surface area (Å²) in [5.41, 5.74) is 3.74. The summed E-state index contributed by atoms with van der Waals surface area (Å²) in [6.07, 6.45) is 0. The molecular formula is C22H22N4O2. The van der Waals surface area contributed by atoms with Gasteiger partial charge in [0.2, 0.25) is 11.7 Å². The van der Waals surface area contributed by atoms with E-state index in [1.807, 2.05) is 50.2 Å². The molecule has 6 heteroatoms. The van der Waals surface area contributed by atoms with Crippen molar-refractivity contribution in [2.45, 2.75) is 26.7 Å². The maximum Gasteiger partial charge on any atom is 0.229 e. The second-order valence-electron chi connectivity index (χ2n) is 7.00. The molecule has 6 nitrogen and oxygen atoms in total. The summed E-state index contributed by atoms with van der Waals surface area (Å²) in [5.74, 6) is 2.77. The number of ether oxygens (including phenoxy) is 1. The van der Waals surface area contributed by atoms with Crippen LogP contribution in [0.4, 0.5) is 11.5 Å². The minimum absolute atomic E-state index is 0.162. The second-order valence-corrected chi connectivity index (χ2v) is 7.00. The van der Waals surface area contributed by atoms with Crippen LogP contribution in [-0.2, 0) is 0 Å². The molecule has 2 aromatic carbocycles. The average Bonchev–Trinajstić information content (AvgIpc) is 3.19. The number of anilines is 2. The number of aromatic nitrogens is 3. The summed E-state index contributed by atoms with van der Waals surface area (Å²) in [4.78, 5) is 9.44. The number of hydrogen-bond donors (Lipinski definition) is 1. The van der Waals surface area contributed by atoms with Gasteiger partial charge in [-0.25, -0.2) is 4.98 Å². The molecule has 0 bridgehead atoms. The minimum Gasteiger partial charge on any atom is -0.497 e. The Hall–Kier alpha value is -3.41. The van der Waals surface area contributed by atoms with E-state index in [0.717, 1.165) is 33.5 Å². The number of hydrogen-bond acceptors (Lipinski definition) is 6. The molecule has 0 unspecified atom stereocenters. The van der Waals surface area contributed by atoms with Crippen LogP contribution in [0.3, 0.4) is 0 Å². The maximum atomic E-state index is 5.42. The zero-order chi connectivity index (χ0) is 19.7. The SMILES string of the molecule is COc1ccc(Nc2nc3c(C)cccc3cc2-c2noc(C(C)C)n2)cc1. The molecule has 0 aliphatic heterocycles. The van der Waals surface area contributed by atoms with Gasteiger partial charge in [0, 0.05) is 17.0 Å². The van der Waals surface area contributed by atoms with Crippen LogP contribution in [-0.4, -0.2) is 22.2 Å². The largest absolute Gasteiger partial charge is 0.497 e. The van der Waals surface area contributed by atoms with E-state index in [0.29, 0.717) is 17.5 Å². The lowest BCUT2D eigenvalue weighted by molar-refractivity contribution is 0.365. The summed E-state index contributed by atoms with van der Waals surface area (Å²) < 4.78 is 10.7. The molecule has 0 aliphatic carbocycles. The van der Waals surface area contributed by atoms with Gasteiger partial charge in [-0.1, -0.05) is 37.2 Å². The van der Waals surface area contributed by atoms with Crippen LogP contribution in [0.5, 0.6) is 5.75 Å². The van der Waals surface area contributed by atoms with E-state index in [1.165, 1.54) is 0 Å². The smallest absolute Gasteiger partial charge is 0.229 e. The molecule has 0 radical (unpaired) electrons. The lowest BCUT2D eigenvalue weighted by atomic mass is 10.1. The second kappa shape index (κ2) is 7.31. The maximum absolute atomic E-state index is 5.42. The summed E-state index contributed by atoms with van der Waals surface area (Å²) in [6.45, 7) is 6.10. The van der Waals surface area contributed by atoms with Crippen LogP contribution in [0, 0.1) is 6.92 Å². The van der Waals surface area contributed by atoms with Gasteiger partial charge in [0.15, 0.2) is 0 Å². The first kappa shape index (κ1) is 18.0. The molecule has 4 rings (SSSR count). The van der Waals surface area contributed by atoms with Crippen molar-refractivity contribution in [2.75, 3.05) is 12.4 Å². The Kier molecular flexibility index (Phi) is 4.69. The number of pyridine rings is 1. The van der Waals surface area contributed by atoms with Crippen molar-refractivity contribution in [1.29, 1.82) is 0 Å². The molecule has 2 aromatic heterocycles. The van der Waals surface area contributed by atoms with E-state index < -0.39 is 0 Å². The summed E-state index contributed by atoms with van der Waals surface area (Å²) in [5, 5.41) is 8.61. The van der Waals surface area contributed by atoms with E-state index in [-0.39, 0.29) is 5.92 Å². The van der Waals surface area contributed by atoms with Crippen molar-refractivity contribution in [1.82, 2.24) is 15.1 Å². The van der Waals surface area contributed by atoms with Gasteiger partial charge in [-0.15, -0.1) is 0 Å². The first-order valence-electron chi connectivity index (χ1n) is 9.20. The highest BCUT2D eigenvalue weighted by atomic mass is 16.5. The van der Waals surface area contributed by atoms with Crippen LogP contribution >= 0.6 is 0 Å². The zero-order valence-electron chi connectivity index (χ0n) is 16.4. The van der Waals surface area contributed by atoms with Gasteiger partial charge in [-0.05, 0) is 42.8 Å². The lowest BCUT2D eigenvalue weighted by Gasteiger charge is -2.12. The van der Waals surface area contributed by atoms with Crippen LogP contribution in [0.1, 0.15) is 31.2 Å². The molecule has 1 N–H and O–H groups in total. The fourth-order valence-corrected chi connectivity index (χ4v) is 3.00. The highest BCUT2D eigenvalue weighted by molar-refractivity contribution is 5.90. The Balaban J connectivity index is 1.84. The normalized spacial score (nSPS) is 11.2. The van der Waals surface area contributed by atoms with E-state index >= 15 is 0 Å². The Morgan fingerprint density at radius 3 is 2.50 bits per heavy atom. The van der Waals surface area contributed by atoms with Crippen molar-refractivity contribution < 1.29 is 9.26 Å². The molecule has 0 fully saturated rings. The molecule has 2 heterocycles. The van der Waals surface area contributed by atoms with Crippen molar-refractivity contribution in [2.24, 2.45) is 0 Å². The van der Waals surface area contributed by atoms with Gasteiger partial charge in [0.1, 0.15) is 11.6 Å². The topological polar surface area (TPSA) is 73.1 Å². The van der Waals surface area contributed by atoms with Gasteiger partial charge >= 0.3 is 0 Å². The van der Waals surface area contributed by atoms with Gasteiger partial charge in [0.05, 0.1) is 18.2 Å². The Bertz CT molecular complexity index is 1120. The quantitative estimate of drug-likeness (QED) is 0.499. The molecule has 0 atom stereocenters. The molecule has 0 aliphatic rings. The molecule has 0 spiro atoms. The number of rotatable bonds is 5. The number of fused-ring (bicyclic) bond motifs is 1. The first-order chi connectivity index (χ1) is 13.5. The fourth-order valence-electron chi connectivity index (χ4n) is 3.00. The third-order valence-electron chi connectivity index (χ3n) is 4.58. The molecule has 0 amide bonds. The molecule has 4 aromatic rings. The summed E-state index contributed by atoms with van der Waals surface area (Å²) >= 11 is 0. The van der Waals surface area contributed by atoms with E-state index in [9.17, 15) is 0 Å². The predicted molar refractivity (Wildman–Crippen MR) is 110 cm³/mol. The Morgan fingerprint density at radius 1 is 1.04 bits per heavy atom. The summed E-state index contributed by atoms with van der Waals surface area (Å²) in [7, 11) is 1.65. The van der Waals surface area contributed by atoms with Gasteiger partial charge in [-0.3, -0.25) is 0 Å². The van der Waals surface area contributed by atoms with E-state index in [1.54, 1.807) is 7.11 Å². The standard InChI is InChI=1S/C22H22N4O2/c1-13(2)22-25-21(26-28-22)18-12-15-7-5-6-14(3)19(15)24-20(18)23-16-8-10-17(27-4)11-9-16/h5-13H,1-4H3,(H,23,24). The fraction of sp³-hybridized carbons (Fsp3) is 0.227. The predicted octanol–water partition coefficient (Wildman–Crippen LogP) is 5.47. The number of nitrogens with zero attached hydrogens (tertiary/aromatic N) is 3. The average molecular weight is 374 g/mol. The number of nitrogens with one attached hydrogen (secondary N) is 1. The van der Waals surface area contributed by atoms with E-state index in [4.69, 9.17) is 14.2 Å². The number of benzene rings is 2. The van der Waals surface area contributed by atoms with Crippen molar-refractivity contribution in [3.8, 4) is 17.1 Å². The van der Waals surface area contributed by atoms with Crippen LogP contribution in [0.25, 0.3) is 22.3 Å². The molecule has 0 saturated carbocycles. The molecular weight excluding hydrogens is 352 g/mol. The molecule has 28 heavy (non-hydrogen) atoms. The highest BCUT2D eigenvalue weighted by Gasteiger charge is 2.17. The zero-order valence-corrected chi connectivity index (χ0v) is 16.4. The van der Waals surface area contributed by atoms with Gasteiger partial charge in [-0.2, -0.15) is 4.98 Å². The summed E-state index contributed by atoms with van der Waals surface area (Å²) in [6, 6.07) is 15.9. The first-order valence-corrected chi connectivity index (χ1v) is 9.20.